The maximum Gasteiger partial charge on any atom is 0.342 e. The molecule has 0 saturated carbocycles. The number of ether oxygens (including phenoxy) is 1. The molecular weight excluding hydrogens is 368 g/mol. The van der Waals surface area contributed by atoms with Crippen molar-refractivity contribution in [3.8, 4) is 16.9 Å². The van der Waals surface area contributed by atoms with Gasteiger partial charge in [0, 0.05) is 17.0 Å². The number of aromatic nitrogens is 1. The number of furan rings is 1. The standard InChI is InChI=1S/C19H12N2O7/c1-27-11-5-2-9(3-6-11)14-15(19(23)24)18(22)20-16-12-7-4-10(21(25)26)8-13(12)28-17(14)16/h2-8H,1H3,(H,20,22)(H,23,24). The number of benzene rings is 2. The zero-order valence-corrected chi connectivity index (χ0v) is 14.4. The number of H-pyrrole nitrogens is 1. The molecule has 2 aromatic heterocycles. The molecule has 0 aliphatic rings. The monoisotopic (exact) mass is 380 g/mol. The first kappa shape index (κ1) is 17.3. The van der Waals surface area contributed by atoms with Gasteiger partial charge in [-0.15, -0.1) is 0 Å². The van der Waals surface area contributed by atoms with Gasteiger partial charge in [-0.25, -0.2) is 4.79 Å². The number of methoxy groups -OCH3 is 1. The number of carboxylic acids is 1. The lowest BCUT2D eigenvalue weighted by atomic mass is 9.99. The minimum atomic E-state index is -1.42. The maximum absolute atomic E-state index is 12.5. The molecule has 2 aromatic carbocycles. The average Bonchev–Trinajstić information content (AvgIpc) is 3.04. The predicted octanol–water partition coefficient (Wildman–Crippen LogP) is 3.56. The normalized spacial score (nSPS) is 11.0. The zero-order valence-electron chi connectivity index (χ0n) is 14.4. The molecule has 0 amide bonds. The number of hydrogen-bond acceptors (Lipinski definition) is 6. The molecule has 9 nitrogen and oxygen atoms in total. The van der Waals surface area contributed by atoms with Gasteiger partial charge in [0.1, 0.15) is 16.9 Å². The Morgan fingerprint density at radius 1 is 1.21 bits per heavy atom. The lowest BCUT2D eigenvalue weighted by Crippen LogP contribution is -2.19. The molecule has 2 N–H and O–H groups in total. The lowest BCUT2D eigenvalue weighted by Gasteiger charge is -2.07. The number of nitro benzene ring substituents is 1. The topological polar surface area (TPSA) is 136 Å². The van der Waals surface area contributed by atoms with Crippen molar-refractivity contribution in [1.82, 2.24) is 4.98 Å². The van der Waals surface area contributed by atoms with Crippen molar-refractivity contribution < 1.29 is 24.0 Å². The van der Waals surface area contributed by atoms with Gasteiger partial charge in [-0.3, -0.25) is 14.9 Å². The number of nitrogens with zero attached hydrogens (tertiary/aromatic N) is 1. The molecular formula is C19H12N2O7. The summed E-state index contributed by atoms with van der Waals surface area (Å²) in [5.74, 6) is -0.859. The van der Waals surface area contributed by atoms with E-state index in [4.69, 9.17) is 9.15 Å². The predicted molar refractivity (Wildman–Crippen MR) is 99.9 cm³/mol. The molecule has 0 radical (unpaired) electrons. The lowest BCUT2D eigenvalue weighted by molar-refractivity contribution is -0.384. The molecule has 9 heteroatoms. The third-order valence-corrected chi connectivity index (χ3v) is 4.42. The quantitative estimate of drug-likeness (QED) is 0.408. The highest BCUT2D eigenvalue weighted by Crippen LogP contribution is 2.37. The van der Waals surface area contributed by atoms with Crippen molar-refractivity contribution in [2.75, 3.05) is 7.11 Å². The largest absolute Gasteiger partial charge is 0.497 e. The van der Waals surface area contributed by atoms with E-state index in [1.807, 2.05) is 0 Å². The van der Waals surface area contributed by atoms with Crippen LogP contribution in [0.5, 0.6) is 5.75 Å². The van der Waals surface area contributed by atoms with Gasteiger partial charge in [-0.05, 0) is 23.8 Å². The summed E-state index contributed by atoms with van der Waals surface area (Å²) in [6, 6.07) is 10.4. The number of nitrogens with one attached hydrogen (secondary N) is 1. The van der Waals surface area contributed by atoms with E-state index >= 15 is 0 Å². The zero-order chi connectivity index (χ0) is 20.0. The first-order chi connectivity index (χ1) is 13.4. The minimum absolute atomic E-state index is 0.0905. The molecule has 0 saturated heterocycles. The Kier molecular flexibility index (Phi) is 3.85. The smallest absolute Gasteiger partial charge is 0.342 e. The summed E-state index contributed by atoms with van der Waals surface area (Å²) in [4.78, 5) is 37.2. The number of carboxylic acid groups (broad SMARTS) is 1. The van der Waals surface area contributed by atoms with E-state index in [0.29, 0.717) is 16.7 Å². The second kappa shape index (κ2) is 6.23. The van der Waals surface area contributed by atoms with E-state index in [9.17, 15) is 24.8 Å². The highest BCUT2D eigenvalue weighted by atomic mass is 16.6. The molecule has 0 aliphatic carbocycles. The summed E-state index contributed by atoms with van der Waals surface area (Å²) in [6.07, 6.45) is 0. The summed E-state index contributed by atoms with van der Waals surface area (Å²) in [6.45, 7) is 0. The molecule has 140 valence electrons. The van der Waals surface area contributed by atoms with E-state index in [1.165, 1.54) is 25.3 Å². The van der Waals surface area contributed by atoms with E-state index in [2.05, 4.69) is 4.98 Å². The van der Waals surface area contributed by atoms with Crippen LogP contribution in [0.3, 0.4) is 0 Å². The minimum Gasteiger partial charge on any atom is -0.497 e. The van der Waals surface area contributed by atoms with Crippen LogP contribution in [0.4, 0.5) is 5.69 Å². The van der Waals surface area contributed by atoms with Crippen LogP contribution < -0.4 is 10.3 Å². The fourth-order valence-electron chi connectivity index (χ4n) is 3.14. The van der Waals surface area contributed by atoms with Gasteiger partial charge in [0.2, 0.25) is 0 Å². The molecule has 4 aromatic rings. The van der Waals surface area contributed by atoms with Crippen LogP contribution in [0, 0.1) is 10.1 Å². The number of nitro groups is 1. The second-order valence-corrected chi connectivity index (χ2v) is 5.98. The highest BCUT2D eigenvalue weighted by Gasteiger charge is 2.24. The first-order valence-corrected chi connectivity index (χ1v) is 8.05. The molecule has 0 atom stereocenters. The van der Waals surface area contributed by atoms with E-state index < -0.39 is 22.0 Å². The SMILES string of the molecule is COc1ccc(-c2c(C(=O)O)c(=O)[nH]c3c2oc2cc([N+](=O)[O-])ccc23)cc1. The summed E-state index contributed by atoms with van der Waals surface area (Å²) in [5, 5.41) is 21.0. The Morgan fingerprint density at radius 2 is 1.93 bits per heavy atom. The van der Waals surface area contributed by atoms with E-state index in [-0.39, 0.29) is 27.9 Å². The van der Waals surface area contributed by atoms with Gasteiger partial charge in [0.05, 0.1) is 23.6 Å². The van der Waals surface area contributed by atoms with Crippen molar-refractivity contribution in [3.63, 3.8) is 0 Å². The summed E-state index contributed by atoms with van der Waals surface area (Å²) >= 11 is 0. The van der Waals surface area contributed by atoms with E-state index in [0.717, 1.165) is 0 Å². The third kappa shape index (κ3) is 2.57. The molecule has 0 fully saturated rings. The summed E-state index contributed by atoms with van der Waals surface area (Å²) in [7, 11) is 1.50. The van der Waals surface area contributed by atoms with Crippen molar-refractivity contribution in [2.24, 2.45) is 0 Å². The van der Waals surface area contributed by atoms with Crippen molar-refractivity contribution in [2.45, 2.75) is 0 Å². The number of aromatic amines is 1. The molecule has 28 heavy (non-hydrogen) atoms. The van der Waals surface area contributed by atoms with Crippen LogP contribution >= 0.6 is 0 Å². The number of carbonyl (C=O) groups is 1. The molecule has 0 unspecified atom stereocenters. The van der Waals surface area contributed by atoms with Gasteiger partial charge in [-0.2, -0.15) is 0 Å². The van der Waals surface area contributed by atoms with Crippen molar-refractivity contribution in [1.29, 1.82) is 0 Å². The number of fused-ring (bicyclic) bond motifs is 3. The van der Waals surface area contributed by atoms with Gasteiger partial charge >= 0.3 is 5.97 Å². The van der Waals surface area contributed by atoms with Crippen LogP contribution in [-0.4, -0.2) is 28.1 Å². The number of hydrogen-bond donors (Lipinski definition) is 2. The van der Waals surface area contributed by atoms with Crippen LogP contribution in [0.2, 0.25) is 0 Å². The summed E-state index contributed by atoms with van der Waals surface area (Å²) < 4.78 is 10.9. The fourth-order valence-corrected chi connectivity index (χ4v) is 3.14. The van der Waals surface area contributed by atoms with Crippen LogP contribution in [0.25, 0.3) is 33.2 Å². The second-order valence-electron chi connectivity index (χ2n) is 5.98. The van der Waals surface area contributed by atoms with E-state index in [1.54, 1.807) is 24.3 Å². The number of non-ortho nitro benzene ring substituents is 1. The Hall–Kier alpha value is -4.14. The third-order valence-electron chi connectivity index (χ3n) is 4.42. The maximum atomic E-state index is 12.5. The van der Waals surface area contributed by atoms with Crippen molar-refractivity contribution >= 4 is 33.7 Å². The Labute approximate surface area is 155 Å². The van der Waals surface area contributed by atoms with Gasteiger partial charge in [-0.1, -0.05) is 12.1 Å². The molecule has 0 bridgehead atoms. The summed E-state index contributed by atoms with van der Waals surface area (Å²) in [5.41, 5.74) is -0.382. The number of pyridine rings is 1. The van der Waals surface area contributed by atoms with Crippen molar-refractivity contribution in [3.05, 3.63) is 68.5 Å². The highest BCUT2D eigenvalue weighted by molar-refractivity contribution is 6.12. The van der Waals surface area contributed by atoms with Gasteiger partial charge in [0.15, 0.2) is 5.58 Å². The molecule has 4 rings (SSSR count). The Balaban J connectivity index is 2.13. The van der Waals surface area contributed by atoms with Gasteiger partial charge < -0.3 is 19.2 Å². The Morgan fingerprint density at radius 3 is 2.54 bits per heavy atom. The molecule has 0 spiro atoms. The Bertz CT molecular complexity index is 1320. The molecule has 0 aliphatic heterocycles. The number of aromatic carboxylic acids is 1. The fraction of sp³-hybridized carbons (Fsp3) is 0.0526. The average molecular weight is 380 g/mol. The van der Waals surface area contributed by atoms with Crippen LogP contribution in [0.1, 0.15) is 10.4 Å². The first-order valence-electron chi connectivity index (χ1n) is 8.05. The van der Waals surface area contributed by atoms with Gasteiger partial charge in [0.25, 0.3) is 11.2 Å². The van der Waals surface area contributed by atoms with Crippen LogP contribution in [0.15, 0.2) is 51.7 Å². The van der Waals surface area contributed by atoms with Crippen LogP contribution in [-0.2, 0) is 0 Å². The number of rotatable bonds is 4. The molecule has 2 heterocycles.